The van der Waals surface area contributed by atoms with Crippen LogP contribution in [0, 0.1) is 29.1 Å². The number of esters is 2. The van der Waals surface area contributed by atoms with Gasteiger partial charge >= 0.3 is 11.9 Å². The Balaban J connectivity index is 1.72. The first-order valence-corrected chi connectivity index (χ1v) is 17.2. The first-order chi connectivity index (χ1) is 26.3. The van der Waals surface area contributed by atoms with Crippen LogP contribution in [0.25, 0.3) is 0 Å². The normalized spacial score (nSPS) is 11.3. The molecule has 0 aliphatic heterocycles. The van der Waals surface area contributed by atoms with E-state index < -0.39 is 53.2 Å². The minimum Gasteiger partial charge on any atom is -0.460 e. The molecule has 0 fully saturated rings. The Hall–Kier alpha value is -2.89. The number of carbonyl (C=O) groups excluding carboxylic acids is 2. The van der Waals surface area contributed by atoms with Crippen molar-refractivity contribution in [1.82, 2.24) is 0 Å². The summed E-state index contributed by atoms with van der Waals surface area (Å²) in [7, 11) is 0. The number of ether oxygens (including phenoxy) is 13. The van der Waals surface area contributed by atoms with Crippen molar-refractivity contribution >= 4 is 11.9 Å². The van der Waals surface area contributed by atoms with Crippen molar-refractivity contribution < 1.29 is 93.1 Å². The van der Waals surface area contributed by atoms with E-state index in [1.165, 1.54) is 0 Å². The first kappa shape index (κ1) is 49.1. The van der Waals surface area contributed by atoms with Crippen molar-refractivity contribution in [3.63, 3.8) is 0 Å². The Labute approximate surface area is 311 Å². The topological polar surface area (TPSA) is 154 Å². The fourth-order valence-corrected chi connectivity index (χ4v) is 3.56. The monoisotopic (exact) mass is 794 g/mol. The molecule has 0 N–H and O–H groups in total. The predicted octanol–water partition coefficient (Wildman–Crippen LogP) is 2.59. The Kier molecular flexibility index (Phi) is 31.5. The third-order valence-electron chi connectivity index (χ3n) is 6.19. The van der Waals surface area contributed by atoms with Gasteiger partial charge in [0, 0.05) is 6.08 Å². The molecule has 0 bridgehead atoms. The van der Waals surface area contributed by atoms with E-state index in [9.17, 15) is 31.5 Å². The van der Waals surface area contributed by atoms with Gasteiger partial charge in [0.1, 0.15) is 6.61 Å². The van der Waals surface area contributed by atoms with Crippen LogP contribution in [0.5, 0.6) is 5.75 Å². The number of halogens is 5. The van der Waals surface area contributed by atoms with Gasteiger partial charge in [-0.15, -0.1) is 0 Å². The Morgan fingerprint density at radius 3 is 0.907 bits per heavy atom. The molecule has 1 rings (SSSR count). The molecule has 20 heteroatoms. The fourth-order valence-electron chi connectivity index (χ4n) is 3.56. The second kappa shape index (κ2) is 34.6. The van der Waals surface area contributed by atoms with E-state index in [-0.39, 0.29) is 33.0 Å². The van der Waals surface area contributed by atoms with Gasteiger partial charge in [0.25, 0.3) is 0 Å². The molecule has 15 nitrogen and oxygen atoms in total. The zero-order valence-corrected chi connectivity index (χ0v) is 30.3. The number of hydrogen-bond acceptors (Lipinski definition) is 15. The van der Waals surface area contributed by atoms with E-state index in [0.717, 1.165) is 6.08 Å². The summed E-state index contributed by atoms with van der Waals surface area (Å²) < 4.78 is 134. The molecule has 54 heavy (non-hydrogen) atoms. The van der Waals surface area contributed by atoms with Crippen LogP contribution in [0.2, 0.25) is 0 Å². The van der Waals surface area contributed by atoms with Crippen molar-refractivity contribution in [3.8, 4) is 5.75 Å². The average molecular weight is 795 g/mol. The van der Waals surface area contributed by atoms with Crippen molar-refractivity contribution in [2.75, 3.05) is 152 Å². The highest BCUT2D eigenvalue weighted by atomic mass is 19.2. The summed E-state index contributed by atoms with van der Waals surface area (Å²) in [6.45, 7) is 11.0. The van der Waals surface area contributed by atoms with E-state index in [2.05, 4.69) is 11.3 Å². The molecule has 0 aliphatic rings. The van der Waals surface area contributed by atoms with Crippen LogP contribution >= 0.6 is 0 Å². The van der Waals surface area contributed by atoms with Gasteiger partial charge in [0.2, 0.25) is 34.8 Å². The summed E-state index contributed by atoms with van der Waals surface area (Å²) in [6.07, 6.45) is 0.604. The predicted molar refractivity (Wildman–Crippen MR) is 177 cm³/mol. The van der Waals surface area contributed by atoms with E-state index in [4.69, 9.17) is 56.8 Å². The minimum absolute atomic E-state index is 0.0740. The van der Waals surface area contributed by atoms with Crippen LogP contribution in [-0.2, 0) is 66.4 Å². The minimum atomic E-state index is -2.35. The number of benzene rings is 1. The van der Waals surface area contributed by atoms with Gasteiger partial charge in [-0.05, 0) is 0 Å². The Morgan fingerprint density at radius 1 is 0.389 bits per heavy atom. The molecule has 0 aliphatic carbocycles. The van der Waals surface area contributed by atoms with Gasteiger partial charge in [0.05, 0.1) is 152 Å². The smallest absolute Gasteiger partial charge is 0.330 e. The molecular formula is C34H51F5O15. The quantitative estimate of drug-likeness (QED) is 0.0183. The molecule has 0 amide bonds. The summed E-state index contributed by atoms with van der Waals surface area (Å²) in [5, 5.41) is 0. The molecule has 0 heterocycles. The lowest BCUT2D eigenvalue weighted by Gasteiger charge is -2.09. The molecule has 0 radical (unpaired) electrons. The van der Waals surface area contributed by atoms with E-state index in [1.807, 2.05) is 0 Å². The zero-order chi connectivity index (χ0) is 39.5. The van der Waals surface area contributed by atoms with Crippen molar-refractivity contribution in [2.45, 2.75) is 6.42 Å². The highest BCUT2D eigenvalue weighted by molar-refractivity contribution is 5.81. The van der Waals surface area contributed by atoms with Crippen molar-refractivity contribution in [1.29, 1.82) is 0 Å². The maximum Gasteiger partial charge on any atom is 0.330 e. The largest absolute Gasteiger partial charge is 0.460 e. The Morgan fingerprint density at radius 2 is 0.630 bits per heavy atom. The lowest BCUT2D eigenvalue weighted by Crippen LogP contribution is -2.16. The summed E-state index contributed by atoms with van der Waals surface area (Å²) in [5.41, 5.74) is 0. The fraction of sp³-hybridized carbons (Fsp3) is 0.706. The lowest BCUT2D eigenvalue weighted by atomic mass is 10.2. The van der Waals surface area contributed by atoms with Crippen LogP contribution in [0.3, 0.4) is 0 Å². The molecular weight excluding hydrogens is 743 g/mol. The highest BCUT2D eigenvalue weighted by Crippen LogP contribution is 2.29. The van der Waals surface area contributed by atoms with Gasteiger partial charge in [-0.1, -0.05) is 6.58 Å². The second-order valence-corrected chi connectivity index (χ2v) is 10.2. The van der Waals surface area contributed by atoms with Gasteiger partial charge in [0.15, 0.2) is 0 Å². The van der Waals surface area contributed by atoms with Gasteiger partial charge in [-0.25, -0.2) is 18.0 Å². The highest BCUT2D eigenvalue weighted by Gasteiger charge is 2.28. The maximum absolute atomic E-state index is 13.5. The van der Waals surface area contributed by atoms with Crippen molar-refractivity contribution in [2.24, 2.45) is 0 Å². The summed E-state index contributed by atoms with van der Waals surface area (Å²) in [4.78, 5) is 22.5. The van der Waals surface area contributed by atoms with Gasteiger partial charge < -0.3 is 61.6 Å². The van der Waals surface area contributed by atoms with Crippen molar-refractivity contribution in [3.05, 3.63) is 41.7 Å². The summed E-state index contributed by atoms with van der Waals surface area (Å²) in [6, 6.07) is 0. The molecule has 1 aromatic carbocycles. The van der Waals surface area contributed by atoms with Gasteiger partial charge in [-0.2, -0.15) is 8.78 Å². The average Bonchev–Trinajstić information content (AvgIpc) is 3.17. The third kappa shape index (κ3) is 26.0. The standard InChI is InChI=1S/C34H51F5O15/c1-2-27(40)53-26-25-52-24-23-51-22-21-50-20-19-49-18-17-48-16-15-47-14-13-46-12-11-45-10-9-44-8-7-43-6-5-42-4-3-28(41)54-34-32(38)30(36)29(35)31(37)33(34)39/h2H,1,3-26H2. The lowest BCUT2D eigenvalue weighted by molar-refractivity contribution is -0.139. The van der Waals surface area contributed by atoms with Gasteiger partial charge in [-0.3, -0.25) is 4.79 Å². The molecule has 1 aromatic rings. The molecule has 0 saturated carbocycles. The molecule has 0 atom stereocenters. The Bertz CT molecular complexity index is 1110. The molecule has 0 saturated heterocycles. The van der Waals surface area contributed by atoms with E-state index in [1.54, 1.807) is 0 Å². The summed E-state index contributed by atoms with van der Waals surface area (Å²) >= 11 is 0. The van der Waals surface area contributed by atoms with E-state index >= 15 is 0 Å². The van der Waals surface area contributed by atoms with Crippen LogP contribution < -0.4 is 4.74 Å². The molecule has 0 spiro atoms. The molecule has 312 valence electrons. The SMILES string of the molecule is C=CC(=O)OCCOCCOCCOCCOCCOCCOCCOCCOCCOCCOCCOCCC(=O)Oc1c(F)c(F)c(F)c(F)c1F. The van der Waals surface area contributed by atoms with E-state index in [0.29, 0.717) is 119 Å². The molecule has 0 aromatic heterocycles. The van der Waals surface area contributed by atoms with Crippen LogP contribution in [0.15, 0.2) is 12.7 Å². The number of hydrogen-bond donors (Lipinski definition) is 0. The van der Waals surface area contributed by atoms with Crippen LogP contribution in [-0.4, -0.2) is 164 Å². The van der Waals surface area contributed by atoms with Crippen LogP contribution in [0.1, 0.15) is 6.42 Å². The zero-order valence-electron chi connectivity index (χ0n) is 30.3. The summed E-state index contributed by atoms with van der Waals surface area (Å²) in [5.74, 6) is -14.6. The van der Waals surface area contributed by atoms with Crippen LogP contribution in [0.4, 0.5) is 22.0 Å². The first-order valence-electron chi connectivity index (χ1n) is 17.2. The second-order valence-electron chi connectivity index (χ2n) is 10.2. The third-order valence-corrected chi connectivity index (χ3v) is 6.19. The number of carbonyl (C=O) groups is 2. The maximum atomic E-state index is 13.5. The molecule has 0 unspecified atom stereocenters. The number of rotatable bonds is 38.